The third kappa shape index (κ3) is 2.04. The number of phenolic OH excluding ortho intramolecular Hbond substituents is 1. The quantitative estimate of drug-likeness (QED) is 0.534. The highest BCUT2D eigenvalue weighted by Crippen LogP contribution is 2.64. The van der Waals surface area contributed by atoms with Crippen molar-refractivity contribution in [1.82, 2.24) is 0 Å². The highest BCUT2D eigenvalue weighted by atomic mass is 79.9. The second kappa shape index (κ2) is 5.50. The molecule has 5 atom stereocenters. The van der Waals surface area contributed by atoms with E-state index in [2.05, 4.69) is 50.8 Å². The number of aliphatic hydroxyl groups is 1. The molecule has 2 fully saturated rings. The summed E-state index contributed by atoms with van der Waals surface area (Å²) in [6.45, 7) is 2.21. The van der Waals surface area contributed by atoms with E-state index >= 15 is 0 Å². The van der Waals surface area contributed by atoms with Crippen LogP contribution < -0.4 is 0 Å². The van der Waals surface area contributed by atoms with Crippen LogP contribution in [-0.4, -0.2) is 15.8 Å². The van der Waals surface area contributed by atoms with Crippen molar-refractivity contribution in [2.45, 2.75) is 57.0 Å². The van der Waals surface area contributed by atoms with Crippen molar-refractivity contribution < 1.29 is 10.2 Å². The van der Waals surface area contributed by atoms with Crippen LogP contribution in [0.1, 0.15) is 56.1 Å². The zero-order valence-electron chi connectivity index (χ0n) is 13.8. The average molecular weight is 454 g/mol. The fourth-order valence-electron chi connectivity index (χ4n) is 5.89. The van der Waals surface area contributed by atoms with Gasteiger partial charge in [0.25, 0.3) is 0 Å². The van der Waals surface area contributed by atoms with Gasteiger partial charge in [-0.15, -0.1) is 6.42 Å². The van der Waals surface area contributed by atoms with Crippen LogP contribution in [0.15, 0.2) is 15.0 Å². The molecule has 128 valence electrons. The lowest BCUT2D eigenvalue weighted by Crippen LogP contribution is -2.50. The zero-order chi connectivity index (χ0) is 17.3. The summed E-state index contributed by atoms with van der Waals surface area (Å²) >= 11 is 7.07. The molecule has 0 spiro atoms. The van der Waals surface area contributed by atoms with E-state index in [0.717, 1.165) is 47.5 Å². The highest BCUT2D eigenvalue weighted by Gasteiger charge is 2.61. The van der Waals surface area contributed by atoms with Crippen LogP contribution in [0.5, 0.6) is 5.75 Å². The SMILES string of the molecule is C#CC1(O)CCC2C3CCc4c(cc(Br)c(O)c4Br)C3CCC21C. The predicted octanol–water partition coefficient (Wildman–Crippen LogP) is 5.14. The lowest BCUT2D eigenvalue weighted by molar-refractivity contribution is -0.0647. The highest BCUT2D eigenvalue weighted by molar-refractivity contribution is 9.11. The summed E-state index contributed by atoms with van der Waals surface area (Å²) in [7, 11) is 0. The number of terminal acetylenes is 1. The van der Waals surface area contributed by atoms with Crippen LogP contribution >= 0.6 is 31.9 Å². The van der Waals surface area contributed by atoms with Gasteiger partial charge in [0, 0.05) is 5.41 Å². The molecule has 1 aromatic rings. The van der Waals surface area contributed by atoms with Crippen molar-refractivity contribution in [3.8, 4) is 18.1 Å². The van der Waals surface area contributed by atoms with E-state index in [0.29, 0.717) is 23.5 Å². The molecular weight excluding hydrogens is 432 g/mol. The molecule has 5 unspecified atom stereocenters. The van der Waals surface area contributed by atoms with E-state index in [-0.39, 0.29) is 5.41 Å². The topological polar surface area (TPSA) is 40.5 Å². The molecule has 4 heteroatoms. The van der Waals surface area contributed by atoms with E-state index in [9.17, 15) is 10.2 Å². The Balaban J connectivity index is 1.76. The molecule has 0 radical (unpaired) electrons. The Morgan fingerprint density at radius 2 is 2.00 bits per heavy atom. The van der Waals surface area contributed by atoms with Gasteiger partial charge in [-0.1, -0.05) is 12.8 Å². The number of hydrogen-bond acceptors (Lipinski definition) is 2. The largest absolute Gasteiger partial charge is 0.506 e. The van der Waals surface area contributed by atoms with Crippen LogP contribution in [0.3, 0.4) is 0 Å². The minimum absolute atomic E-state index is 0.161. The van der Waals surface area contributed by atoms with Gasteiger partial charge < -0.3 is 10.2 Å². The van der Waals surface area contributed by atoms with Gasteiger partial charge in [0.2, 0.25) is 0 Å². The first-order valence-corrected chi connectivity index (χ1v) is 10.3. The molecule has 2 saturated carbocycles. The Morgan fingerprint density at radius 3 is 2.71 bits per heavy atom. The maximum Gasteiger partial charge on any atom is 0.144 e. The number of rotatable bonds is 0. The molecule has 0 bridgehead atoms. The molecule has 0 heterocycles. The van der Waals surface area contributed by atoms with Crippen molar-refractivity contribution in [1.29, 1.82) is 0 Å². The van der Waals surface area contributed by atoms with E-state index in [1.165, 1.54) is 11.1 Å². The maximum atomic E-state index is 11.0. The van der Waals surface area contributed by atoms with Crippen molar-refractivity contribution in [2.24, 2.45) is 17.3 Å². The van der Waals surface area contributed by atoms with Gasteiger partial charge in [0.15, 0.2) is 0 Å². The number of hydrogen-bond donors (Lipinski definition) is 2. The minimum Gasteiger partial charge on any atom is -0.506 e. The fourth-order valence-corrected chi connectivity index (χ4v) is 7.24. The number of fused-ring (bicyclic) bond motifs is 5. The molecule has 0 aromatic heterocycles. The minimum atomic E-state index is -0.945. The lowest BCUT2D eigenvalue weighted by Gasteiger charge is -2.52. The summed E-state index contributed by atoms with van der Waals surface area (Å²) in [5.74, 6) is 4.58. The first kappa shape index (κ1) is 16.9. The van der Waals surface area contributed by atoms with Crippen LogP contribution in [0, 0.1) is 29.6 Å². The van der Waals surface area contributed by atoms with E-state index < -0.39 is 5.60 Å². The summed E-state index contributed by atoms with van der Waals surface area (Å²) in [5.41, 5.74) is 1.51. The summed E-state index contributed by atoms with van der Waals surface area (Å²) < 4.78 is 1.60. The second-order valence-corrected chi connectivity index (χ2v) is 9.65. The standard InChI is InChI=1S/C20H22Br2O2/c1-3-20(24)9-7-15-12-4-5-13-14(10-16(21)18(23)17(13)22)11(12)6-8-19(15,20)2/h1,10-12,15,23-24H,4-9H2,2H3. The third-order valence-electron chi connectivity index (χ3n) is 7.28. The molecule has 3 aliphatic carbocycles. The van der Waals surface area contributed by atoms with Crippen LogP contribution in [0.4, 0.5) is 0 Å². The van der Waals surface area contributed by atoms with Gasteiger partial charge in [0.1, 0.15) is 11.4 Å². The first-order chi connectivity index (χ1) is 11.3. The molecule has 24 heavy (non-hydrogen) atoms. The molecule has 0 amide bonds. The van der Waals surface area contributed by atoms with Gasteiger partial charge in [-0.25, -0.2) is 0 Å². The smallest absolute Gasteiger partial charge is 0.144 e. The van der Waals surface area contributed by atoms with Gasteiger partial charge in [-0.3, -0.25) is 0 Å². The summed E-state index contributed by atoms with van der Waals surface area (Å²) in [5, 5.41) is 21.2. The second-order valence-electron chi connectivity index (χ2n) is 8.00. The van der Waals surface area contributed by atoms with E-state index in [1.807, 2.05) is 0 Å². The Kier molecular flexibility index (Phi) is 3.88. The first-order valence-electron chi connectivity index (χ1n) is 8.72. The third-order valence-corrected chi connectivity index (χ3v) is 8.74. The Morgan fingerprint density at radius 1 is 1.25 bits per heavy atom. The maximum absolute atomic E-state index is 11.0. The van der Waals surface area contributed by atoms with Crippen molar-refractivity contribution in [2.75, 3.05) is 0 Å². The summed E-state index contributed by atoms with van der Waals surface area (Å²) in [6, 6.07) is 2.11. The predicted molar refractivity (Wildman–Crippen MR) is 102 cm³/mol. The Hall–Kier alpha value is -0.500. The van der Waals surface area contributed by atoms with E-state index in [4.69, 9.17) is 6.42 Å². The molecule has 0 saturated heterocycles. The van der Waals surface area contributed by atoms with Gasteiger partial charge >= 0.3 is 0 Å². The molecule has 1 aromatic carbocycles. The fraction of sp³-hybridized carbons (Fsp3) is 0.600. The molecular formula is C20H22Br2O2. The normalized spacial score (nSPS) is 40.4. The van der Waals surface area contributed by atoms with E-state index in [1.54, 1.807) is 0 Å². The van der Waals surface area contributed by atoms with Crippen molar-refractivity contribution in [3.05, 3.63) is 26.1 Å². The summed E-state index contributed by atoms with van der Waals surface area (Å²) in [4.78, 5) is 0. The number of benzene rings is 1. The number of phenols is 1. The Labute approximate surface area is 160 Å². The number of halogens is 2. The average Bonchev–Trinajstić information content (AvgIpc) is 2.85. The molecule has 0 aliphatic heterocycles. The molecule has 2 N–H and O–H groups in total. The molecule has 4 rings (SSSR count). The zero-order valence-corrected chi connectivity index (χ0v) is 17.0. The molecule has 2 nitrogen and oxygen atoms in total. The molecule has 3 aliphatic rings. The number of aromatic hydroxyl groups is 1. The lowest BCUT2D eigenvalue weighted by atomic mass is 9.53. The van der Waals surface area contributed by atoms with Gasteiger partial charge in [-0.05, 0) is 105 Å². The van der Waals surface area contributed by atoms with Crippen LogP contribution in [0.2, 0.25) is 0 Å². The van der Waals surface area contributed by atoms with Crippen LogP contribution in [-0.2, 0) is 6.42 Å². The van der Waals surface area contributed by atoms with Crippen LogP contribution in [0.25, 0.3) is 0 Å². The Bertz CT molecular complexity index is 753. The van der Waals surface area contributed by atoms with Gasteiger partial charge in [0.05, 0.1) is 8.95 Å². The van der Waals surface area contributed by atoms with Crippen molar-refractivity contribution >= 4 is 31.9 Å². The summed E-state index contributed by atoms with van der Waals surface area (Å²) in [6.07, 6.45) is 11.6. The van der Waals surface area contributed by atoms with Gasteiger partial charge in [-0.2, -0.15) is 0 Å². The van der Waals surface area contributed by atoms with Crippen molar-refractivity contribution in [3.63, 3.8) is 0 Å². The monoisotopic (exact) mass is 452 g/mol.